The van der Waals surface area contributed by atoms with Gasteiger partial charge in [0.15, 0.2) is 4.93 Å². The smallest absolute Gasteiger partial charge is 0.151 e. The van der Waals surface area contributed by atoms with Gasteiger partial charge in [-0.3, -0.25) is 0 Å². The maximum absolute atomic E-state index is 9.60. The monoisotopic (exact) mass is 232 g/mol. The zero-order valence-corrected chi connectivity index (χ0v) is 8.78. The quantitative estimate of drug-likeness (QED) is 0.244. The van der Waals surface area contributed by atoms with E-state index >= 15 is 0 Å². The molecule has 0 aromatic carbocycles. The fourth-order valence-corrected chi connectivity index (χ4v) is 3.25. The highest BCUT2D eigenvalue weighted by Gasteiger charge is 2.35. The van der Waals surface area contributed by atoms with E-state index in [9.17, 15) is 5.11 Å². The summed E-state index contributed by atoms with van der Waals surface area (Å²) in [7, 11) is 1.87. The van der Waals surface area contributed by atoms with E-state index in [0.29, 0.717) is 0 Å². The van der Waals surface area contributed by atoms with Crippen molar-refractivity contribution in [2.75, 3.05) is 13.2 Å². The first kappa shape index (κ1) is 12.9. The van der Waals surface area contributed by atoms with Crippen molar-refractivity contribution in [3.8, 4) is 0 Å². The van der Waals surface area contributed by atoms with Crippen molar-refractivity contribution in [3.05, 3.63) is 0 Å². The molecule has 12 heavy (non-hydrogen) atoms. The fourth-order valence-electron chi connectivity index (χ4n) is 0.631. The van der Waals surface area contributed by atoms with Crippen LogP contribution >= 0.6 is 32.3 Å². The average Bonchev–Trinajstić information content (AvgIpc) is 2.04. The van der Waals surface area contributed by atoms with Gasteiger partial charge in [0.2, 0.25) is 0 Å². The molecular weight excluding hydrogens is 220 g/mol. The summed E-state index contributed by atoms with van der Waals surface area (Å²) in [6.45, 7) is -0.799. The van der Waals surface area contributed by atoms with Gasteiger partial charge in [0.1, 0.15) is 6.10 Å². The molecule has 0 aromatic heterocycles. The van der Waals surface area contributed by atoms with Crippen molar-refractivity contribution in [3.63, 3.8) is 0 Å². The topological polar surface area (TPSA) is 80.9 Å². The minimum absolute atomic E-state index is 0.00699. The number of aliphatic hydroxyl groups excluding tert-OH is 3. The third-order valence-electron chi connectivity index (χ3n) is 1.35. The van der Waals surface area contributed by atoms with Gasteiger partial charge in [0.25, 0.3) is 0 Å². The predicted molar refractivity (Wildman–Crippen MR) is 53.9 cm³/mol. The van der Waals surface area contributed by atoms with E-state index < -0.39 is 17.6 Å². The molecule has 0 saturated carbocycles. The minimum atomic E-state index is -1.53. The molecule has 0 heterocycles. The first-order chi connectivity index (χ1) is 5.60. The maximum Gasteiger partial charge on any atom is 0.151 e. The molecule has 74 valence electrons. The Labute approximate surface area is 83.6 Å². The number of hydrogen-bond donors (Lipinski definition) is 5. The molecular formula is C5H12O4S3. The van der Waals surface area contributed by atoms with E-state index in [0.717, 1.165) is 20.6 Å². The second kappa shape index (κ2) is 6.36. The summed E-state index contributed by atoms with van der Waals surface area (Å²) in [5.41, 5.74) is 0. The van der Waals surface area contributed by atoms with Crippen LogP contribution in [0.15, 0.2) is 0 Å². The van der Waals surface area contributed by atoms with Gasteiger partial charge in [-0.2, -0.15) is 0 Å². The Balaban J connectivity index is 4.15. The molecule has 7 heteroatoms. The lowest BCUT2D eigenvalue weighted by Gasteiger charge is -2.29. The number of aliphatic hydroxyl groups is 4. The van der Waals surface area contributed by atoms with Gasteiger partial charge in [0.05, 0.1) is 6.61 Å². The highest BCUT2D eigenvalue weighted by molar-refractivity contribution is 9.05. The van der Waals surface area contributed by atoms with Gasteiger partial charge in [-0.1, -0.05) is 11.7 Å². The van der Waals surface area contributed by atoms with E-state index in [1.165, 1.54) is 0 Å². The molecule has 0 rings (SSSR count). The summed E-state index contributed by atoms with van der Waals surface area (Å²) in [5, 5.41) is 35.9. The molecule has 0 bridgehead atoms. The predicted octanol–water partition coefficient (Wildman–Crippen LogP) is -0.363. The van der Waals surface area contributed by atoms with Crippen molar-refractivity contribution >= 4 is 32.3 Å². The molecule has 0 aromatic rings. The summed E-state index contributed by atoms with van der Waals surface area (Å²) >= 11 is 3.79. The Bertz CT molecular complexity index is 117. The highest BCUT2D eigenvalue weighted by atomic mass is 33.5. The van der Waals surface area contributed by atoms with Gasteiger partial charge < -0.3 is 20.4 Å². The molecule has 0 fully saturated rings. The van der Waals surface area contributed by atoms with Crippen molar-refractivity contribution in [1.82, 2.24) is 0 Å². The fraction of sp³-hybridized carbons (Fsp3) is 1.00. The molecule has 0 saturated heterocycles. The van der Waals surface area contributed by atoms with Gasteiger partial charge in [0, 0.05) is 13.0 Å². The normalized spacial score (nSPS) is 18.8. The van der Waals surface area contributed by atoms with Crippen molar-refractivity contribution in [1.29, 1.82) is 0 Å². The lowest BCUT2D eigenvalue weighted by Crippen LogP contribution is -2.41. The highest BCUT2D eigenvalue weighted by Crippen LogP contribution is 2.40. The first-order valence-corrected chi connectivity index (χ1v) is 6.42. The second-order valence-corrected chi connectivity index (χ2v) is 5.49. The third-order valence-corrected chi connectivity index (χ3v) is 3.94. The van der Waals surface area contributed by atoms with E-state index in [4.69, 9.17) is 15.3 Å². The molecule has 0 spiro atoms. The molecule has 4 nitrogen and oxygen atoms in total. The molecule has 0 aliphatic rings. The van der Waals surface area contributed by atoms with Crippen molar-refractivity contribution in [2.24, 2.45) is 0 Å². The summed E-state index contributed by atoms with van der Waals surface area (Å²) in [5.74, 6) is 0. The second-order valence-electron chi connectivity index (χ2n) is 2.17. The van der Waals surface area contributed by atoms with Gasteiger partial charge in [-0.15, -0.1) is 0 Å². The Morgan fingerprint density at radius 2 is 2.00 bits per heavy atom. The first-order valence-electron chi connectivity index (χ1n) is 3.22. The molecule has 0 amide bonds. The van der Waals surface area contributed by atoms with Gasteiger partial charge >= 0.3 is 0 Å². The lowest BCUT2D eigenvalue weighted by atomic mass is 10.1. The van der Waals surface area contributed by atoms with Crippen LogP contribution < -0.4 is 0 Å². The SMILES string of the molecule is OCCC(O)(SSS)C(O)CO. The van der Waals surface area contributed by atoms with Crippen molar-refractivity contribution < 1.29 is 20.4 Å². The number of rotatable bonds is 6. The van der Waals surface area contributed by atoms with Crippen LogP contribution in [0.5, 0.6) is 0 Å². The summed E-state index contributed by atoms with van der Waals surface area (Å²) < 4.78 is 0. The minimum Gasteiger partial charge on any atom is -0.396 e. The Morgan fingerprint density at radius 1 is 1.42 bits per heavy atom. The summed E-state index contributed by atoms with van der Waals surface area (Å²) in [4.78, 5) is -1.53. The van der Waals surface area contributed by atoms with Gasteiger partial charge in [-0.05, 0) is 20.6 Å². The van der Waals surface area contributed by atoms with Crippen LogP contribution in [-0.2, 0) is 0 Å². The Hall–Kier alpha value is 0.890. The standard InChI is InChI=1S/C5H12O4S3/c6-2-1-5(9,11-12-10)4(8)3-7/h4,6-10H,1-3H2. The van der Waals surface area contributed by atoms with E-state index in [1.54, 1.807) is 0 Å². The van der Waals surface area contributed by atoms with Crippen LogP contribution in [0.4, 0.5) is 0 Å². The van der Waals surface area contributed by atoms with Gasteiger partial charge in [-0.25, -0.2) is 0 Å². The third kappa shape index (κ3) is 3.73. The molecule has 0 radical (unpaired) electrons. The molecule has 2 unspecified atom stereocenters. The van der Waals surface area contributed by atoms with E-state index in [1.807, 2.05) is 0 Å². The molecule has 4 N–H and O–H groups in total. The van der Waals surface area contributed by atoms with Crippen LogP contribution in [0.1, 0.15) is 6.42 Å². The summed E-state index contributed by atoms with van der Waals surface area (Å²) in [6.07, 6.45) is -1.28. The van der Waals surface area contributed by atoms with E-state index in [2.05, 4.69) is 11.7 Å². The Morgan fingerprint density at radius 3 is 2.33 bits per heavy atom. The maximum atomic E-state index is 9.60. The molecule has 2 atom stereocenters. The number of thiol groups is 1. The zero-order chi connectivity index (χ0) is 9.61. The van der Waals surface area contributed by atoms with Crippen molar-refractivity contribution in [2.45, 2.75) is 17.5 Å². The van der Waals surface area contributed by atoms with Crippen LogP contribution in [0, 0.1) is 0 Å². The lowest BCUT2D eigenvalue weighted by molar-refractivity contribution is -0.0452. The van der Waals surface area contributed by atoms with E-state index in [-0.39, 0.29) is 13.0 Å². The zero-order valence-electron chi connectivity index (χ0n) is 6.25. The van der Waals surface area contributed by atoms with Crippen LogP contribution in [0.2, 0.25) is 0 Å². The Kier molecular flexibility index (Phi) is 6.83. The van der Waals surface area contributed by atoms with Crippen LogP contribution in [0.25, 0.3) is 0 Å². The average molecular weight is 232 g/mol. The summed E-state index contributed by atoms with van der Waals surface area (Å²) in [6, 6.07) is 0. The number of hydrogen-bond acceptors (Lipinski definition) is 7. The molecule has 0 aliphatic carbocycles. The van der Waals surface area contributed by atoms with Crippen LogP contribution in [0.3, 0.4) is 0 Å². The van der Waals surface area contributed by atoms with Crippen LogP contribution in [-0.4, -0.2) is 44.7 Å². The molecule has 0 aliphatic heterocycles. The largest absolute Gasteiger partial charge is 0.396 e.